The van der Waals surface area contributed by atoms with E-state index in [1.165, 1.54) is 30.1 Å². The predicted octanol–water partition coefficient (Wildman–Crippen LogP) is 2.98. The number of nitro groups is 1. The monoisotopic (exact) mass is 339 g/mol. The molecule has 1 atom stereocenters. The average molecular weight is 339 g/mol. The third kappa shape index (κ3) is 2.56. The van der Waals surface area contributed by atoms with Crippen molar-refractivity contribution in [1.82, 2.24) is 4.90 Å². The van der Waals surface area contributed by atoms with Crippen molar-refractivity contribution in [3.63, 3.8) is 0 Å². The normalized spacial score (nSPS) is 24.6. The summed E-state index contributed by atoms with van der Waals surface area (Å²) < 4.78 is 1.49. The van der Waals surface area contributed by atoms with Crippen LogP contribution in [-0.4, -0.2) is 42.6 Å². The molecular formula is C14H17N3O3S2. The highest BCUT2D eigenvalue weighted by Crippen LogP contribution is 2.48. The van der Waals surface area contributed by atoms with Gasteiger partial charge in [-0.25, -0.2) is 0 Å². The predicted molar refractivity (Wildman–Crippen MR) is 92.3 cm³/mol. The topological polar surface area (TPSA) is 72.5 Å². The molecule has 1 aliphatic heterocycles. The first-order valence-electron chi connectivity index (χ1n) is 6.62. The molecule has 1 aromatic rings. The zero-order chi connectivity index (χ0) is 16.7. The second-order valence-corrected chi connectivity index (χ2v) is 7.81. The molecule has 1 saturated heterocycles. The van der Waals surface area contributed by atoms with Crippen molar-refractivity contribution in [3.8, 4) is 0 Å². The van der Waals surface area contributed by atoms with E-state index in [4.69, 9.17) is 12.2 Å². The Balaban J connectivity index is 2.43. The summed E-state index contributed by atoms with van der Waals surface area (Å²) in [5.41, 5.74) is -0.0335. The highest BCUT2D eigenvalue weighted by molar-refractivity contribution is 8.24. The van der Waals surface area contributed by atoms with Gasteiger partial charge >= 0.3 is 0 Å². The standard InChI is InChI=1S/C14H17N3O3S2/c1-13(2)14(3,22-12(21)15(13)4)16(18)9-10-6-5-7-11(8-10)17(19)20/h5-9H,1-4H3/b16-9-/t14-/m1/s1. The molecule has 0 spiro atoms. The highest BCUT2D eigenvalue weighted by atomic mass is 32.2. The molecule has 1 aliphatic rings. The zero-order valence-electron chi connectivity index (χ0n) is 12.8. The van der Waals surface area contributed by atoms with Crippen molar-refractivity contribution in [2.75, 3.05) is 7.05 Å². The van der Waals surface area contributed by atoms with Crippen LogP contribution in [0.3, 0.4) is 0 Å². The first kappa shape index (κ1) is 16.7. The third-order valence-corrected chi connectivity index (χ3v) is 6.35. The molecule has 6 nitrogen and oxygen atoms in total. The Hall–Kier alpha value is -1.67. The smallest absolute Gasteiger partial charge is 0.270 e. The van der Waals surface area contributed by atoms with E-state index in [0.29, 0.717) is 9.88 Å². The van der Waals surface area contributed by atoms with Crippen LogP contribution in [0, 0.1) is 15.3 Å². The lowest BCUT2D eigenvalue weighted by molar-refractivity contribution is -0.522. The van der Waals surface area contributed by atoms with Crippen molar-refractivity contribution < 1.29 is 9.66 Å². The number of thiocarbonyl (C=S) groups is 1. The molecule has 0 N–H and O–H groups in total. The molecule has 0 radical (unpaired) electrons. The van der Waals surface area contributed by atoms with Gasteiger partial charge in [-0.1, -0.05) is 18.3 Å². The molecule has 1 fully saturated rings. The van der Waals surface area contributed by atoms with Gasteiger partial charge in [0.25, 0.3) is 5.69 Å². The van der Waals surface area contributed by atoms with E-state index >= 15 is 0 Å². The number of hydrogen-bond acceptors (Lipinski definition) is 5. The third-order valence-electron chi connectivity index (χ3n) is 4.30. The number of likely N-dealkylation sites (N-methyl/N-ethyl adjacent to an activating group) is 1. The van der Waals surface area contributed by atoms with E-state index in [-0.39, 0.29) is 5.69 Å². The number of nitrogens with zero attached hydrogens (tertiary/aromatic N) is 3. The Kier molecular flexibility index (Phi) is 4.18. The number of hydrogen-bond donors (Lipinski definition) is 0. The van der Waals surface area contributed by atoms with Gasteiger partial charge in [0.2, 0.25) is 4.87 Å². The van der Waals surface area contributed by atoms with Gasteiger partial charge in [-0.3, -0.25) is 10.1 Å². The summed E-state index contributed by atoms with van der Waals surface area (Å²) in [5, 5.41) is 23.5. The van der Waals surface area contributed by atoms with E-state index in [1.54, 1.807) is 12.1 Å². The Morgan fingerprint density at radius 1 is 1.32 bits per heavy atom. The molecule has 0 saturated carbocycles. The van der Waals surface area contributed by atoms with Crippen LogP contribution in [0.25, 0.3) is 0 Å². The van der Waals surface area contributed by atoms with Crippen molar-refractivity contribution in [2.45, 2.75) is 31.2 Å². The summed E-state index contributed by atoms with van der Waals surface area (Å²) in [6.07, 6.45) is 1.38. The van der Waals surface area contributed by atoms with E-state index in [9.17, 15) is 15.3 Å². The van der Waals surface area contributed by atoms with Gasteiger partial charge < -0.3 is 10.1 Å². The van der Waals surface area contributed by atoms with E-state index in [2.05, 4.69) is 0 Å². The van der Waals surface area contributed by atoms with Crippen LogP contribution in [-0.2, 0) is 0 Å². The van der Waals surface area contributed by atoms with Crippen LogP contribution in [0.15, 0.2) is 24.3 Å². The van der Waals surface area contributed by atoms with Crippen LogP contribution in [0.5, 0.6) is 0 Å². The minimum absolute atomic E-state index is 0.0433. The Morgan fingerprint density at radius 2 is 1.95 bits per heavy atom. The van der Waals surface area contributed by atoms with Crippen LogP contribution in [0.4, 0.5) is 5.69 Å². The van der Waals surface area contributed by atoms with Gasteiger partial charge in [0.15, 0.2) is 6.21 Å². The maximum atomic E-state index is 12.7. The number of rotatable bonds is 3. The number of hydroxylamine groups is 1. The molecule has 0 bridgehead atoms. The van der Waals surface area contributed by atoms with Crippen molar-refractivity contribution in [3.05, 3.63) is 45.2 Å². The molecule has 0 aromatic heterocycles. The van der Waals surface area contributed by atoms with Gasteiger partial charge in [0, 0.05) is 31.7 Å². The lowest BCUT2D eigenvalue weighted by Crippen LogP contribution is -2.55. The summed E-state index contributed by atoms with van der Waals surface area (Å²) in [4.78, 5) is 11.4. The summed E-state index contributed by atoms with van der Waals surface area (Å²) >= 11 is 6.63. The summed E-state index contributed by atoms with van der Waals surface area (Å²) in [6, 6.07) is 5.99. The van der Waals surface area contributed by atoms with Crippen LogP contribution >= 0.6 is 24.0 Å². The Bertz CT molecular complexity index is 675. The van der Waals surface area contributed by atoms with Crippen molar-refractivity contribution in [2.24, 2.45) is 0 Å². The average Bonchev–Trinajstić information content (AvgIpc) is 2.60. The second kappa shape index (κ2) is 5.51. The van der Waals surface area contributed by atoms with Crippen molar-refractivity contribution in [1.29, 1.82) is 0 Å². The maximum absolute atomic E-state index is 12.7. The first-order chi connectivity index (χ1) is 10.1. The lowest BCUT2D eigenvalue weighted by Gasteiger charge is -2.37. The largest absolute Gasteiger partial charge is 0.623 e. The highest BCUT2D eigenvalue weighted by Gasteiger charge is 2.59. The molecule has 1 aromatic carbocycles. The molecule has 22 heavy (non-hydrogen) atoms. The summed E-state index contributed by atoms with van der Waals surface area (Å²) in [6.45, 7) is 5.73. The number of nitro benzene ring substituents is 1. The summed E-state index contributed by atoms with van der Waals surface area (Å²) in [5.74, 6) is 0. The zero-order valence-corrected chi connectivity index (χ0v) is 14.4. The minimum atomic E-state index is -0.816. The molecule has 0 amide bonds. The maximum Gasteiger partial charge on any atom is 0.270 e. The van der Waals surface area contributed by atoms with E-state index in [1.807, 2.05) is 32.7 Å². The fraction of sp³-hybridized carbons (Fsp3) is 0.429. The number of benzene rings is 1. The molecular weight excluding hydrogens is 322 g/mol. The van der Waals surface area contributed by atoms with E-state index in [0.717, 1.165) is 4.74 Å². The molecule has 118 valence electrons. The van der Waals surface area contributed by atoms with Gasteiger partial charge in [0.1, 0.15) is 9.86 Å². The number of non-ortho nitro benzene ring substituents is 1. The van der Waals surface area contributed by atoms with Crippen LogP contribution in [0.1, 0.15) is 26.3 Å². The SMILES string of the molecule is CN1C(=S)S[C@@](C)(/[N+]([O-])=C/c2cccc([N+](=O)[O-])c2)C1(C)C. The van der Waals surface area contributed by atoms with E-state index < -0.39 is 15.3 Å². The molecule has 2 rings (SSSR count). The fourth-order valence-corrected chi connectivity index (χ4v) is 4.14. The van der Waals surface area contributed by atoms with Crippen LogP contribution < -0.4 is 0 Å². The van der Waals surface area contributed by atoms with Gasteiger partial charge in [-0.2, -0.15) is 4.74 Å². The Morgan fingerprint density at radius 3 is 2.45 bits per heavy atom. The van der Waals surface area contributed by atoms with Gasteiger partial charge in [0.05, 0.1) is 4.92 Å². The molecule has 8 heteroatoms. The first-order valence-corrected chi connectivity index (χ1v) is 7.84. The number of thioether (sulfide) groups is 1. The Labute approximate surface area is 138 Å². The van der Waals surface area contributed by atoms with Gasteiger partial charge in [-0.05, 0) is 31.7 Å². The quantitative estimate of drug-likeness (QED) is 0.210. The van der Waals surface area contributed by atoms with Crippen molar-refractivity contribution >= 4 is 40.2 Å². The summed E-state index contributed by atoms with van der Waals surface area (Å²) in [7, 11) is 1.86. The second-order valence-electron chi connectivity index (χ2n) is 5.78. The van der Waals surface area contributed by atoms with Crippen LogP contribution in [0.2, 0.25) is 0 Å². The molecule has 1 heterocycles. The van der Waals surface area contributed by atoms with Gasteiger partial charge in [-0.15, -0.1) is 0 Å². The lowest BCUT2D eigenvalue weighted by atomic mass is 9.94. The molecule has 0 unspecified atom stereocenters. The fourth-order valence-electron chi connectivity index (χ4n) is 2.19. The minimum Gasteiger partial charge on any atom is -0.623 e. The molecule has 0 aliphatic carbocycles.